The molecule has 216 valence electrons. The molecule has 11 heteroatoms. The normalized spacial score (nSPS) is 19.0. The Labute approximate surface area is 243 Å². The monoisotopic (exact) mass is 567 g/mol. The molecular formula is C31H33N7O4. The van der Waals surface area contributed by atoms with Crippen molar-refractivity contribution in [2.24, 2.45) is 5.73 Å². The lowest BCUT2D eigenvalue weighted by Gasteiger charge is -2.36. The second-order valence-electron chi connectivity index (χ2n) is 10.9. The lowest BCUT2D eigenvalue weighted by Crippen LogP contribution is -2.52. The summed E-state index contributed by atoms with van der Waals surface area (Å²) in [4.78, 5) is 58.9. The van der Waals surface area contributed by atoms with Gasteiger partial charge in [0.25, 0.3) is 11.8 Å². The standard InChI is InChI=1S/C31H33N7O4/c32-29(40)25-9-8-23(17-34-25)37-14-12-36(13-15-37)18-21-6-4-20(5-7-21)16-33-24-3-1-2-22-19-38(31(42)28(22)24)26-10-11-27(39)35-30(26)41/h1-9,17,26,33H,10-16,18-19H2,(H2,32,40)(H,35,39,41)/t26-/m0/s1. The number of nitrogens with zero attached hydrogens (tertiary/aromatic N) is 4. The number of aromatic nitrogens is 1. The van der Waals surface area contributed by atoms with Gasteiger partial charge in [-0.1, -0.05) is 36.4 Å². The molecule has 0 saturated carbocycles. The van der Waals surface area contributed by atoms with Gasteiger partial charge in [-0.2, -0.15) is 0 Å². The molecule has 4 amide bonds. The summed E-state index contributed by atoms with van der Waals surface area (Å²) in [6, 6.07) is 17.1. The van der Waals surface area contributed by atoms with Crippen molar-refractivity contribution in [2.45, 2.75) is 38.5 Å². The van der Waals surface area contributed by atoms with Gasteiger partial charge in [0.05, 0.1) is 17.4 Å². The third kappa shape index (κ3) is 5.68. The van der Waals surface area contributed by atoms with E-state index in [1.165, 1.54) is 5.56 Å². The Bertz CT molecular complexity index is 1520. The van der Waals surface area contributed by atoms with Crippen molar-refractivity contribution >= 4 is 35.0 Å². The van der Waals surface area contributed by atoms with Gasteiger partial charge in [0.15, 0.2) is 0 Å². The lowest BCUT2D eigenvalue weighted by molar-refractivity contribution is -0.136. The highest BCUT2D eigenvalue weighted by Gasteiger charge is 2.40. The van der Waals surface area contributed by atoms with E-state index >= 15 is 0 Å². The second-order valence-corrected chi connectivity index (χ2v) is 10.9. The molecule has 0 spiro atoms. The number of benzene rings is 2. The maximum atomic E-state index is 13.3. The number of rotatable bonds is 8. The summed E-state index contributed by atoms with van der Waals surface area (Å²) in [7, 11) is 0. The average molecular weight is 568 g/mol. The van der Waals surface area contributed by atoms with E-state index in [-0.39, 0.29) is 23.9 Å². The molecule has 1 aromatic heterocycles. The van der Waals surface area contributed by atoms with Gasteiger partial charge in [0, 0.05) is 57.9 Å². The van der Waals surface area contributed by atoms with Crippen LogP contribution < -0.4 is 21.3 Å². The number of anilines is 2. The van der Waals surface area contributed by atoms with Crippen LogP contribution in [0.5, 0.6) is 0 Å². The number of fused-ring (bicyclic) bond motifs is 1. The Morgan fingerprint density at radius 2 is 1.74 bits per heavy atom. The van der Waals surface area contributed by atoms with Crippen LogP contribution in [-0.4, -0.2) is 70.6 Å². The topological polar surface area (TPSA) is 141 Å². The van der Waals surface area contributed by atoms with Gasteiger partial charge in [-0.05, 0) is 41.3 Å². The van der Waals surface area contributed by atoms with Gasteiger partial charge >= 0.3 is 0 Å². The summed E-state index contributed by atoms with van der Waals surface area (Å²) < 4.78 is 0. The number of hydrogen-bond acceptors (Lipinski definition) is 8. The molecule has 4 N–H and O–H groups in total. The first-order valence-corrected chi connectivity index (χ1v) is 14.2. The molecule has 0 unspecified atom stereocenters. The van der Waals surface area contributed by atoms with E-state index in [1.807, 2.05) is 24.3 Å². The smallest absolute Gasteiger partial charge is 0.267 e. The third-order valence-corrected chi connectivity index (χ3v) is 8.20. The molecule has 4 heterocycles. The molecule has 42 heavy (non-hydrogen) atoms. The summed E-state index contributed by atoms with van der Waals surface area (Å²) in [5, 5.41) is 5.77. The van der Waals surface area contributed by atoms with Crippen molar-refractivity contribution in [3.8, 4) is 0 Å². The summed E-state index contributed by atoms with van der Waals surface area (Å²) in [5.41, 5.74) is 11.1. The molecule has 0 aliphatic carbocycles. The Morgan fingerprint density at radius 1 is 0.976 bits per heavy atom. The van der Waals surface area contributed by atoms with Crippen molar-refractivity contribution < 1.29 is 19.2 Å². The van der Waals surface area contributed by atoms with E-state index in [1.54, 1.807) is 17.2 Å². The van der Waals surface area contributed by atoms with Gasteiger partial charge in [-0.3, -0.25) is 29.4 Å². The molecule has 1 atom stereocenters. The molecule has 0 radical (unpaired) electrons. The summed E-state index contributed by atoms with van der Waals surface area (Å²) in [6.07, 6.45) is 2.29. The SMILES string of the molecule is NC(=O)c1ccc(N2CCN(Cc3ccc(CNc4cccc5c4C(=O)N([C@H]4CCC(=O)NC4=O)C5)cc3)CC2)cn1. The Balaban J connectivity index is 1.01. The number of amides is 4. The van der Waals surface area contributed by atoms with Gasteiger partial charge in [-0.15, -0.1) is 0 Å². The molecule has 3 aromatic rings. The number of nitrogens with two attached hydrogens (primary N) is 1. The van der Waals surface area contributed by atoms with E-state index in [0.717, 1.165) is 55.2 Å². The molecule has 3 aliphatic heterocycles. The van der Waals surface area contributed by atoms with Crippen molar-refractivity contribution in [3.05, 3.63) is 88.7 Å². The van der Waals surface area contributed by atoms with Crippen LogP contribution in [0.25, 0.3) is 0 Å². The molecule has 11 nitrogen and oxygen atoms in total. The number of carbonyl (C=O) groups excluding carboxylic acids is 4. The Kier molecular flexibility index (Phi) is 7.58. The highest BCUT2D eigenvalue weighted by Crippen LogP contribution is 2.32. The minimum Gasteiger partial charge on any atom is -0.380 e. The lowest BCUT2D eigenvalue weighted by atomic mass is 10.0. The maximum Gasteiger partial charge on any atom is 0.267 e. The quantitative estimate of drug-likeness (QED) is 0.351. The largest absolute Gasteiger partial charge is 0.380 e. The summed E-state index contributed by atoms with van der Waals surface area (Å²) >= 11 is 0. The number of imide groups is 1. The molecule has 2 fully saturated rings. The fraction of sp³-hybridized carbons (Fsp3) is 0.323. The van der Waals surface area contributed by atoms with Crippen LogP contribution in [0.4, 0.5) is 11.4 Å². The average Bonchev–Trinajstić information content (AvgIpc) is 3.33. The zero-order chi connectivity index (χ0) is 29.2. The van der Waals surface area contributed by atoms with Crippen LogP contribution in [0, 0.1) is 0 Å². The molecule has 2 aromatic carbocycles. The fourth-order valence-corrected chi connectivity index (χ4v) is 5.86. The predicted molar refractivity (Wildman–Crippen MR) is 157 cm³/mol. The summed E-state index contributed by atoms with van der Waals surface area (Å²) in [5.74, 6) is -1.40. The first-order chi connectivity index (χ1) is 20.4. The van der Waals surface area contributed by atoms with E-state index in [0.29, 0.717) is 25.1 Å². The third-order valence-electron chi connectivity index (χ3n) is 8.20. The first-order valence-electron chi connectivity index (χ1n) is 14.2. The number of piperazine rings is 1. The van der Waals surface area contributed by atoms with E-state index < -0.39 is 17.9 Å². The van der Waals surface area contributed by atoms with Gasteiger partial charge in [0.1, 0.15) is 11.7 Å². The predicted octanol–water partition coefficient (Wildman–Crippen LogP) is 1.88. The minimum absolute atomic E-state index is 0.183. The zero-order valence-electron chi connectivity index (χ0n) is 23.2. The number of carbonyl (C=O) groups is 4. The zero-order valence-corrected chi connectivity index (χ0v) is 23.2. The highest BCUT2D eigenvalue weighted by atomic mass is 16.2. The van der Waals surface area contributed by atoms with Crippen LogP contribution in [0.1, 0.15) is 50.4 Å². The number of hydrogen-bond donors (Lipinski definition) is 3. The van der Waals surface area contributed by atoms with Crippen LogP contribution >= 0.6 is 0 Å². The fourth-order valence-electron chi connectivity index (χ4n) is 5.86. The van der Waals surface area contributed by atoms with E-state index in [2.05, 4.69) is 49.7 Å². The molecule has 0 bridgehead atoms. The van der Waals surface area contributed by atoms with Crippen LogP contribution in [0.2, 0.25) is 0 Å². The number of nitrogens with one attached hydrogen (secondary N) is 2. The van der Waals surface area contributed by atoms with Crippen LogP contribution in [0.15, 0.2) is 60.8 Å². The molecule has 2 saturated heterocycles. The molecule has 6 rings (SSSR count). The Morgan fingerprint density at radius 3 is 2.43 bits per heavy atom. The van der Waals surface area contributed by atoms with Crippen LogP contribution in [0.3, 0.4) is 0 Å². The van der Waals surface area contributed by atoms with Crippen molar-refractivity contribution in [2.75, 3.05) is 36.4 Å². The number of pyridine rings is 1. The maximum absolute atomic E-state index is 13.3. The van der Waals surface area contributed by atoms with E-state index in [4.69, 9.17) is 5.73 Å². The van der Waals surface area contributed by atoms with Crippen LogP contribution in [-0.2, 0) is 29.2 Å². The highest BCUT2D eigenvalue weighted by molar-refractivity contribution is 6.07. The number of primary amides is 1. The van der Waals surface area contributed by atoms with Crippen molar-refractivity contribution in [1.82, 2.24) is 20.1 Å². The van der Waals surface area contributed by atoms with Gasteiger partial charge in [-0.25, -0.2) is 4.98 Å². The first kappa shape index (κ1) is 27.4. The second kappa shape index (κ2) is 11.6. The molecule has 3 aliphatic rings. The summed E-state index contributed by atoms with van der Waals surface area (Å²) in [6.45, 7) is 5.37. The van der Waals surface area contributed by atoms with E-state index in [9.17, 15) is 19.2 Å². The van der Waals surface area contributed by atoms with Gasteiger partial charge < -0.3 is 20.9 Å². The number of piperidine rings is 1. The molecular weight excluding hydrogens is 534 g/mol. The van der Waals surface area contributed by atoms with Crippen molar-refractivity contribution in [3.63, 3.8) is 0 Å². The van der Waals surface area contributed by atoms with Gasteiger partial charge in [0.2, 0.25) is 11.8 Å². The minimum atomic E-state index is -0.627. The van der Waals surface area contributed by atoms with Crippen molar-refractivity contribution in [1.29, 1.82) is 0 Å². The Hall–Kier alpha value is -4.77.